The van der Waals surface area contributed by atoms with Gasteiger partial charge in [0.15, 0.2) is 6.61 Å². The highest BCUT2D eigenvalue weighted by molar-refractivity contribution is 6.00. The summed E-state index contributed by atoms with van der Waals surface area (Å²) in [7, 11) is 1.59. The molecule has 0 bridgehead atoms. The Morgan fingerprint density at radius 3 is 2.10 bits per heavy atom. The van der Waals surface area contributed by atoms with Gasteiger partial charge in [-0.3, -0.25) is 14.4 Å². The fraction of sp³-hybridized carbons (Fsp3) is 0.290. The Morgan fingerprint density at radius 1 is 0.878 bits per heavy atom. The summed E-state index contributed by atoms with van der Waals surface area (Å²) < 4.78 is 21.3. The van der Waals surface area contributed by atoms with Crippen LogP contribution in [0.5, 0.6) is 17.2 Å². The van der Waals surface area contributed by atoms with Gasteiger partial charge in [-0.25, -0.2) is 4.79 Å². The van der Waals surface area contributed by atoms with Crippen LogP contribution in [0.2, 0.25) is 0 Å². The van der Waals surface area contributed by atoms with E-state index >= 15 is 0 Å². The number of anilines is 2. The maximum Gasteiger partial charge on any atom is 0.338 e. The van der Waals surface area contributed by atoms with Gasteiger partial charge in [-0.2, -0.15) is 0 Å². The van der Waals surface area contributed by atoms with Crippen molar-refractivity contribution in [1.29, 1.82) is 0 Å². The number of hydrogen-bond acceptors (Lipinski definition) is 8. The monoisotopic (exact) mass is 560 g/mol. The first kappa shape index (κ1) is 29.1. The molecule has 0 aliphatic carbocycles. The topological polar surface area (TPSA) is 120 Å². The molecule has 1 saturated heterocycles. The van der Waals surface area contributed by atoms with E-state index in [1.807, 2.05) is 13.8 Å². The van der Waals surface area contributed by atoms with Crippen LogP contribution in [0, 0.1) is 11.8 Å². The van der Waals surface area contributed by atoms with E-state index in [1.165, 1.54) is 4.90 Å². The van der Waals surface area contributed by atoms with Crippen molar-refractivity contribution < 1.29 is 38.1 Å². The quantitative estimate of drug-likeness (QED) is 0.331. The molecule has 214 valence electrons. The third-order valence-electron chi connectivity index (χ3n) is 6.20. The van der Waals surface area contributed by atoms with Crippen LogP contribution in [-0.4, -0.2) is 50.6 Å². The maximum absolute atomic E-state index is 12.6. The van der Waals surface area contributed by atoms with Gasteiger partial charge >= 0.3 is 11.9 Å². The van der Waals surface area contributed by atoms with Crippen molar-refractivity contribution in [2.24, 2.45) is 11.8 Å². The standard InChI is InChI=1S/C31H32N2O8/c1-20(2)18-39-30(36)21-4-6-23(7-5-21)32-28(34)19-40-31(37)22-16-29(35)33(17-22)24-8-10-26(11-9-24)41-27-14-12-25(38-3)13-15-27/h4-15,20,22H,16-19H2,1-3H3,(H,32,34)/t22-/m1/s1. The van der Waals surface area contributed by atoms with Crippen molar-refractivity contribution in [1.82, 2.24) is 0 Å². The van der Waals surface area contributed by atoms with Crippen LogP contribution in [0.15, 0.2) is 72.8 Å². The average molecular weight is 561 g/mol. The molecule has 0 radical (unpaired) electrons. The van der Waals surface area contributed by atoms with Crippen LogP contribution in [0.1, 0.15) is 30.6 Å². The highest BCUT2D eigenvalue weighted by atomic mass is 16.5. The summed E-state index contributed by atoms with van der Waals surface area (Å²) in [5, 5.41) is 2.61. The molecule has 4 rings (SSSR count). The molecular weight excluding hydrogens is 528 g/mol. The molecule has 0 unspecified atom stereocenters. The number of rotatable bonds is 11. The van der Waals surface area contributed by atoms with E-state index in [9.17, 15) is 19.2 Å². The Balaban J connectivity index is 1.23. The molecule has 1 aliphatic heterocycles. The third kappa shape index (κ3) is 8.07. The Labute approximate surface area is 238 Å². The van der Waals surface area contributed by atoms with Gasteiger partial charge in [-0.1, -0.05) is 13.8 Å². The van der Waals surface area contributed by atoms with Gasteiger partial charge in [0.2, 0.25) is 5.91 Å². The van der Waals surface area contributed by atoms with E-state index in [1.54, 1.807) is 79.9 Å². The summed E-state index contributed by atoms with van der Waals surface area (Å²) in [6.45, 7) is 3.85. The second kappa shape index (κ2) is 13.5. The number of hydrogen-bond donors (Lipinski definition) is 1. The molecule has 3 aromatic carbocycles. The molecule has 10 heteroatoms. The number of nitrogens with zero attached hydrogens (tertiary/aromatic N) is 1. The minimum atomic E-state index is -0.693. The van der Waals surface area contributed by atoms with E-state index in [4.69, 9.17) is 18.9 Å². The average Bonchev–Trinajstić information content (AvgIpc) is 3.37. The smallest absolute Gasteiger partial charge is 0.338 e. The SMILES string of the molecule is COc1ccc(Oc2ccc(N3C[C@H](C(=O)OCC(=O)Nc4ccc(C(=O)OCC(C)C)cc4)CC3=O)cc2)cc1. The maximum atomic E-state index is 12.6. The Hall–Kier alpha value is -4.86. The van der Waals surface area contributed by atoms with E-state index in [0.29, 0.717) is 35.0 Å². The Kier molecular flexibility index (Phi) is 9.57. The molecule has 1 aliphatic rings. The van der Waals surface area contributed by atoms with Gasteiger partial charge in [0.1, 0.15) is 17.2 Å². The Morgan fingerprint density at radius 2 is 1.49 bits per heavy atom. The first-order valence-corrected chi connectivity index (χ1v) is 13.2. The van der Waals surface area contributed by atoms with Crippen molar-refractivity contribution in [3.05, 3.63) is 78.4 Å². The fourth-order valence-electron chi connectivity index (χ4n) is 4.06. The van der Waals surface area contributed by atoms with Gasteiger partial charge in [0.25, 0.3) is 5.91 Å². The van der Waals surface area contributed by atoms with Gasteiger partial charge in [-0.05, 0) is 78.7 Å². The predicted octanol–water partition coefficient (Wildman–Crippen LogP) is 4.84. The largest absolute Gasteiger partial charge is 0.497 e. The normalized spacial score (nSPS) is 14.5. The number of benzene rings is 3. The zero-order chi connectivity index (χ0) is 29.4. The molecular formula is C31H32N2O8. The minimum absolute atomic E-state index is 0.0150. The van der Waals surface area contributed by atoms with Gasteiger partial charge in [0, 0.05) is 24.3 Å². The summed E-state index contributed by atoms with van der Waals surface area (Å²) >= 11 is 0. The molecule has 1 N–H and O–H groups in total. The first-order chi connectivity index (χ1) is 19.7. The highest BCUT2D eigenvalue weighted by Crippen LogP contribution is 2.29. The summed E-state index contributed by atoms with van der Waals surface area (Å²) in [4.78, 5) is 51.0. The number of carbonyl (C=O) groups excluding carboxylic acids is 4. The van der Waals surface area contributed by atoms with Crippen molar-refractivity contribution in [2.75, 3.05) is 37.1 Å². The molecule has 1 atom stereocenters. The minimum Gasteiger partial charge on any atom is -0.497 e. The number of ether oxygens (including phenoxy) is 4. The zero-order valence-electron chi connectivity index (χ0n) is 23.1. The van der Waals surface area contributed by atoms with Gasteiger partial charge in [0.05, 0.1) is 25.2 Å². The van der Waals surface area contributed by atoms with Gasteiger partial charge in [-0.15, -0.1) is 0 Å². The van der Waals surface area contributed by atoms with Crippen LogP contribution in [-0.2, 0) is 23.9 Å². The van der Waals surface area contributed by atoms with Crippen LogP contribution < -0.4 is 19.7 Å². The lowest BCUT2D eigenvalue weighted by atomic mass is 10.1. The molecule has 0 spiro atoms. The lowest BCUT2D eigenvalue weighted by molar-refractivity contribution is -0.151. The number of amides is 2. The second-order valence-electron chi connectivity index (χ2n) is 9.90. The second-order valence-corrected chi connectivity index (χ2v) is 9.90. The molecule has 41 heavy (non-hydrogen) atoms. The van der Waals surface area contributed by atoms with Crippen LogP contribution in [0.25, 0.3) is 0 Å². The summed E-state index contributed by atoms with van der Waals surface area (Å²) in [5.74, 6) is -0.336. The van der Waals surface area contributed by atoms with Crippen LogP contribution >= 0.6 is 0 Å². The van der Waals surface area contributed by atoms with Crippen LogP contribution in [0.4, 0.5) is 11.4 Å². The van der Waals surface area contributed by atoms with Crippen LogP contribution in [0.3, 0.4) is 0 Å². The number of esters is 2. The van der Waals surface area contributed by atoms with Crippen molar-refractivity contribution in [2.45, 2.75) is 20.3 Å². The molecule has 2 amide bonds. The molecule has 10 nitrogen and oxygen atoms in total. The summed E-state index contributed by atoms with van der Waals surface area (Å²) in [5.41, 5.74) is 1.43. The van der Waals surface area contributed by atoms with E-state index in [-0.39, 0.29) is 24.8 Å². The number of carbonyl (C=O) groups is 4. The Bertz CT molecular complexity index is 1370. The molecule has 0 saturated carbocycles. The molecule has 1 fully saturated rings. The fourth-order valence-corrected chi connectivity index (χ4v) is 4.06. The molecule has 3 aromatic rings. The summed E-state index contributed by atoms with van der Waals surface area (Å²) in [6.07, 6.45) is -0.0150. The highest BCUT2D eigenvalue weighted by Gasteiger charge is 2.36. The zero-order valence-corrected chi connectivity index (χ0v) is 23.1. The number of nitrogens with one attached hydrogen (secondary N) is 1. The van der Waals surface area contributed by atoms with E-state index in [0.717, 1.165) is 5.75 Å². The lowest BCUT2D eigenvalue weighted by Gasteiger charge is -2.17. The summed E-state index contributed by atoms with van der Waals surface area (Å²) in [6, 6.07) is 20.3. The van der Waals surface area contributed by atoms with Crippen molar-refractivity contribution in [3.63, 3.8) is 0 Å². The number of methoxy groups -OCH3 is 1. The molecule has 0 aromatic heterocycles. The predicted molar refractivity (Wildman–Crippen MR) is 151 cm³/mol. The van der Waals surface area contributed by atoms with Gasteiger partial charge < -0.3 is 29.2 Å². The van der Waals surface area contributed by atoms with Crippen molar-refractivity contribution >= 4 is 35.1 Å². The lowest BCUT2D eigenvalue weighted by Crippen LogP contribution is -2.28. The first-order valence-electron chi connectivity index (χ1n) is 13.2. The van der Waals surface area contributed by atoms with E-state index in [2.05, 4.69) is 5.32 Å². The third-order valence-corrected chi connectivity index (χ3v) is 6.20. The van der Waals surface area contributed by atoms with E-state index < -0.39 is 30.4 Å². The molecule has 1 heterocycles. The van der Waals surface area contributed by atoms with Crippen molar-refractivity contribution in [3.8, 4) is 17.2 Å².